The van der Waals surface area contributed by atoms with Crippen LogP contribution in [-0.4, -0.2) is 50.5 Å². The molecule has 7 nitrogen and oxygen atoms in total. The van der Waals surface area contributed by atoms with E-state index in [0.29, 0.717) is 27.5 Å². The molecular weight excluding hydrogens is 542 g/mol. The largest absolute Gasteiger partial charge is 0.416 e. The Morgan fingerprint density at radius 2 is 1.75 bits per heavy atom. The Balaban J connectivity index is 2.51. The highest BCUT2D eigenvalue weighted by Crippen LogP contribution is 2.32. The van der Waals surface area contributed by atoms with Crippen molar-refractivity contribution in [2.75, 3.05) is 23.7 Å². The van der Waals surface area contributed by atoms with E-state index in [2.05, 4.69) is 5.32 Å². The third-order valence-corrected chi connectivity index (χ3v) is 6.96. The second kappa shape index (κ2) is 12.2. The lowest BCUT2D eigenvalue weighted by atomic mass is 10.1. The Morgan fingerprint density at radius 1 is 1.08 bits per heavy atom. The first-order valence-electron chi connectivity index (χ1n) is 10.8. The average molecular weight is 568 g/mol. The molecule has 1 atom stereocenters. The van der Waals surface area contributed by atoms with Crippen LogP contribution in [0.5, 0.6) is 0 Å². The number of halogens is 5. The number of carbonyl (C=O) groups is 2. The first-order valence-corrected chi connectivity index (χ1v) is 13.5. The Labute approximate surface area is 218 Å². The van der Waals surface area contributed by atoms with E-state index in [1.165, 1.54) is 6.07 Å². The van der Waals surface area contributed by atoms with Crippen molar-refractivity contribution < 1.29 is 31.2 Å². The van der Waals surface area contributed by atoms with Crippen LogP contribution in [0.15, 0.2) is 42.5 Å². The number of anilines is 1. The summed E-state index contributed by atoms with van der Waals surface area (Å²) in [5, 5.41) is 3.21. The highest BCUT2D eigenvalue weighted by atomic mass is 35.5. The number of alkyl halides is 3. The van der Waals surface area contributed by atoms with Crippen LogP contribution in [0.1, 0.15) is 31.4 Å². The van der Waals surface area contributed by atoms with Gasteiger partial charge < -0.3 is 10.2 Å². The van der Waals surface area contributed by atoms with E-state index in [0.717, 1.165) is 29.4 Å². The summed E-state index contributed by atoms with van der Waals surface area (Å²) in [6, 6.07) is 7.23. The summed E-state index contributed by atoms with van der Waals surface area (Å²) in [4.78, 5) is 27.4. The topological polar surface area (TPSA) is 86.8 Å². The summed E-state index contributed by atoms with van der Waals surface area (Å²) in [6.45, 7) is 2.67. The van der Waals surface area contributed by atoms with Crippen LogP contribution in [0.4, 0.5) is 18.9 Å². The third kappa shape index (κ3) is 7.75. The van der Waals surface area contributed by atoms with Crippen molar-refractivity contribution in [3.63, 3.8) is 0 Å². The van der Waals surface area contributed by atoms with E-state index >= 15 is 0 Å². The molecule has 1 N–H and O–H groups in total. The molecule has 0 spiro atoms. The van der Waals surface area contributed by atoms with Gasteiger partial charge in [0.05, 0.1) is 17.5 Å². The molecular formula is C23H26Cl2F3N3O4S. The van der Waals surface area contributed by atoms with Gasteiger partial charge in [0.2, 0.25) is 21.8 Å². The second-order valence-electron chi connectivity index (χ2n) is 7.89. The lowest BCUT2D eigenvalue weighted by Crippen LogP contribution is -2.52. The minimum Gasteiger partial charge on any atom is -0.355 e. The van der Waals surface area contributed by atoms with Gasteiger partial charge in [0.25, 0.3) is 0 Å². The lowest BCUT2D eigenvalue weighted by Gasteiger charge is -2.33. The van der Waals surface area contributed by atoms with Crippen LogP contribution in [0.25, 0.3) is 0 Å². The maximum atomic E-state index is 13.5. The summed E-state index contributed by atoms with van der Waals surface area (Å²) < 4.78 is 65.3. The predicted octanol–water partition coefficient (Wildman–Crippen LogP) is 4.72. The molecule has 0 saturated heterocycles. The monoisotopic (exact) mass is 567 g/mol. The Bertz CT molecular complexity index is 1210. The minimum absolute atomic E-state index is 0.162. The average Bonchev–Trinajstić information content (AvgIpc) is 2.77. The Kier molecular flexibility index (Phi) is 10.0. The fraction of sp³-hybridized carbons (Fsp3) is 0.391. The minimum atomic E-state index is -4.72. The van der Waals surface area contributed by atoms with Crippen molar-refractivity contribution in [2.24, 2.45) is 0 Å². The summed E-state index contributed by atoms with van der Waals surface area (Å²) in [5.41, 5.74) is -0.960. The van der Waals surface area contributed by atoms with Crippen LogP contribution in [-0.2, 0) is 32.3 Å². The number of hydrogen-bond donors (Lipinski definition) is 1. The normalized spacial score (nSPS) is 12.7. The van der Waals surface area contributed by atoms with Gasteiger partial charge in [-0.3, -0.25) is 13.9 Å². The van der Waals surface area contributed by atoms with Crippen molar-refractivity contribution in [3.8, 4) is 0 Å². The van der Waals surface area contributed by atoms with Crippen LogP contribution < -0.4 is 9.62 Å². The molecule has 0 fully saturated rings. The maximum Gasteiger partial charge on any atom is 0.416 e. The van der Waals surface area contributed by atoms with Gasteiger partial charge in [0.1, 0.15) is 12.6 Å². The molecule has 0 aliphatic heterocycles. The van der Waals surface area contributed by atoms with Crippen molar-refractivity contribution in [2.45, 2.75) is 39.0 Å². The SMILES string of the molecule is CCNC(=O)C(CC)N(Cc1ccc(Cl)cc1Cl)C(=O)CN(c1cccc(C(F)(F)F)c1)S(C)(=O)=O. The molecule has 0 radical (unpaired) electrons. The zero-order valence-corrected chi connectivity index (χ0v) is 22.1. The summed E-state index contributed by atoms with van der Waals surface area (Å²) in [6.07, 6.45) is -3.75. The van der Waals surface area contributed by atoms with Crippen molar-refractivity contribution in [1.82, 2.24) is 10.2 Å². The van der Waals surface area contributed by atoms with Crippen molar-refractivity contribution >= 4 is 50.7 Å². The number of nitrogens with zero attached hydrogens (tertiary/aromatic N) is 2. The maximum absolute atomic E-state index is 13.5. The van der Waals surface area contributed by atoms with Crippen LogP contribution >= 0.6 is 23.2 Å². The molecule has 2 aromatic rings. The number of nitrogens with one attached hydrogen (secondary N) is 1. The molecule has 0 aromatic heterocycles. The molecule has 0 bridgehead atoms. The standard InChI is InChI=1S/C23H26Cl2F3N3O4S/c1-4-20(22(33)29-5-2)30(13-15-9-10-17(24)12-19(15)25)21(32)14-31(36(3,34)35)18-8-6-7-16(11-18)23(26,27)28/h6-12,20H,4-5,13-14H2,1-3H3,(H,29,33). The molecule has 2 aromatic carbocycles. The van der Waals surface area contributed by atoms with Gasteiger partial charge in [0.15, 0.2) is 0 Å². The molecule has 2 amide bonds. The first-order chi connectivity index (χ1) is 16.7. The number of rotatable bonds is 10. The summed E-state index contributed by atoms with van der Waals surface area (Å²) in [7, 11) is -4.18. The van der Waals surface area contributed by atoms with Crippen molar-refractivity contribution in [3.05, 3.63) is 63.6 Å². The third-order valence-electron chi connectivity index (χ3n) is 5.23. The molecule has 0 aliphatic carbocycles. The molecule has 0 saturated carbocycles. The van der Waals surface area contributed by atoms with Gasteiger partial charge in [0, 0.05) is 23.1 Å². The lowest BCUT2D eigenvalue weighted by molar-refractivity contribution is -0.140. The molecule has 0 heterocycles. The van der Waals surface area contributed by atoms with Crippen LogP contribution in [0.2, 0.25) is 10.0 Å². The number of likely N-dealkylation sites (N-methyl/N-ethyl adjacent to an activating group) is 1. The quantitative estimate of drug-likeness (QED) is 0.450. The summed E-state index contributed by atoms with van der Waals surface area (Å²) in [5.74, 6) is -1.27. The van der Waals surface area contributed by atoms with E-state index in [-0.39, 0.29) is 23.7 Å². The van der Waals surface area contributed by atoms with Gasteiger partial charge in [-0.15, -0.1) is 0 Å². The fourth-order valence-electron chi connectivity index (χ4n) is 3.50. The van der Waals surface area contributed by atoms with Crippen molar-refractivity contribution in [1.29, 1.82) is 0 Å². The highest BCUT2D eigenvalue weighted by Gasteiger charge is 2.34. The van der Waals surface area contributed by atoms with Gasteiger partial charge in [-0.2, -0.15) is 13.2 Å². The zero-order chi connectivity index (χ0) is 27.3. The number of hydrogen-bond acceptors (Lipinski definition) is 4. The molecule has 13 heteroatoms. The number of amides is 2. The number of sulfonamides is 1. The number of carbonyl (C=O) groups excluding carboxylic acids is 2. The van der Waals surface area contributed by atoms with E-state index in [9.17, 15) is 31.2 Å². The van der Waals surface area contributed by atoms with E-state index in [1.54, 1.807) is 26.0 Å². The van der Waals surface area contributed by atoms with Gasteiger partial charge in [-0.25, -0.2) is 8.42 Å². The smallest absolute Gasteiger partial charge is 0.355 e. The molecule has 2 rings (SSSR count). The summed E-state index contributed by atoms with van der Waals surface area (Å²) >= 11 is 12.2. The number of benzene rings is 2. The van der Waals surface area contributed by atoms with Crippen LogP contribution in [0, 0.1) is 0 Å². The van der Waals surface area contributed by atoms with E-state index < -0.39 is 46.2 Å². The molecule has 0 aliphatic rings. The van der Waals surface area contributed by atoms with Gasteiger partial charge in [-0.05, 0) is 49.2 Å². The first kappa shape index (κ1) is 29.7. The zero-order valence-electron chi connectivity index (χ0n) is 19.8. The molecule has 36 heavy (non-hydrogen) atoms. The van der Waals surface area contributed by atoms with E-state index in [1.807, 2.05) is 0 Å². The highest BCUT2D eigenvalue weighted by molar-refractivity contribution is 7.92. The molecule has 1 unspecified atom stereocenters. The van der Waals surface area contributed by atoms with E-state index in [4.69, 9.17) is 23.2 Å². The van der Waals surface area contributed by atoms with Gasteiger partial charge >= 0.3 is 6.18 Å². The van der Waals surface area contributed by atoms with Gasteiger partial charge in [-0.1, -0.05) is 42.3 Å². The predicted molar refractivity (Wildman–Crippen MR) is 133 cm³/mol. The Morgan fingerprint density at radius 3 is 2.28 bits per heavy atom. The second-order valence-corrected chi connectivity index (χ2v) is 10.6. The van der Waals surface area contributed by atoms with Crippen LogP contribution in [0.3, 0.4) is 0 Å². The fourth-order valence-corrected chi connectivity index (χ4v) is 4.81. The Hall–Kier alpha value is -2.50. The molecule has 198 valence electrons.